The maximum atomic E-state index is 5.93. The molecule has 2 nitrogen and oxygen atoms in total. The van der Waals surface area contributed by atoms with E-state index in [9.17, 15) is 0 Å². The van der Waals surface area contributed by atoms with Crippen LogP contribution in [0.4, 0.5) is 0 Å². The lowest BCUT2D eigenvalue weighted by atomic mass is 9.97. The van der Waals surface area contributed by atoms with E-state index in [4.69, 9.17) is 4.74 Å². The van der Waals surface area contributed by atoms with Crippen LogP contribution in [0.15, 0.2) is 48.5 Å². The third-order valence-corrected chi connectivity index (χ3v) is 3.80. The number of aryl methyl sites for hydroxylation is 1. The lowest BCUT2D eigenvalue weighted by Crippen LogP contribution is -2.22. The Kier molecular flexibility index (Phi) is 4.26. The molecule has 110 valence electrons. The van der Waals surface area contributed by atoms with E-state index >= 15 is 0 Å². The molecule has 1 saturated carbocycles. The summed E-state index contributed by atoms with van der Waals surface area (Å²) in [7, 11) is 0. The van der Waals surface area contributed by atoms with Crippen molar-refractivity contribution in [3.05, 3.63) is 65.2 Å². The highest BCUT2D eigenvalue weighted by atomic mass is 16.5. The first-order chi connectivity index (χ1) is 10.3. The van der Waals surface area contributed by atoms with Crippen molar-refractivity contribution in [3.63, 3.8) is 0 Å². The summed E-state index contributed by atoms with van der Waals surface area (Å²) in [6.07, 6.45) is 2.83. The van der Waals surface area contributed by atoms with Gasteiger partial charge in [0.05, 0.1) is 12.1 Å². The molecule has 0 saturated heterocycles. The number of ether oxygens (including phenoxy) is 1. The Morgan fingerprint density at radius 2 is 1.81 bits per heavy atom. The average Bonchev–Trinajstić information content (AvgIpc) is 3.29. The number of benzene rings is 2. The molecule has 1 aliphatic rings. The molecule has 0 heterocycles. The van der Waals surface area contributed by atoms with Crippen molar-refractivity contribution in [2.45, 2.75) is 38.8 Å². The fourth-order valence-corrected chi connectivity index (χ4v) is 2.63. The Morgan fingerprint density at radius 3 is 2.48 bits per heavy atom. The van der Waals surface area contributed by atoms with E-state index in [-0.39, 0.29) is 6.04 Å². The van der Waals surface area contributed by atoms with Crippen molar-refractivity contribution < 1.29 is 4.74 Å². The van der Waals surface area contributed by atoms with Crippen LogP contribution in [0.3, 0.4) is 0 Å². The normalized spacial score (nSPS) is 15.7. The molecule has 1 aliphatic carbocycles. The van der Waals surface area contributed by atoms with Gasteiger partial charge in [0, 0.05) is 0 Å². The zero-order valence-corrected chi connectivity index (χ0v) is 12.8. The summed E-state index contributed by atoms with van der Waals surface area (Å²) in [5.74, 6) is 0.991. The first-order valence-electron chi connectivity index (χ1n) is 7.83. The van der Waals surface area contributed by atoms with Gasteiger partial charge < -0.3 is 10.1 Å². The van der Waals surface area contributed by atoms with Crippen LogP contribution < -0.4 is 10.1 Å². The summed E-state index contributed by atoms with van der Waals surface area (Å²) in [6, 6.07) is 17.4. The maximum Gasteiger partial charge on any atom is 0.120 e. The molecule has 0 aliphatic heterocycles. The predicted molar refractivity (Wildman–Crippen MR) is 86.8 cm³/mol. The van der Waals surface area contributed by atoms with E-state index in [1.54, 1.807) is 0 Å². The quantitative estimate of drug-likeness (QED) is 0.855. The number of hydrogen-bond donors (Lipinski definition) is 1. The van der Waals surface area contributed by atoms with Crippen molar-refractivity contribution >= 4 is 0 Å². The van der Waals surface area contributed by atoms with Gasteiger partial charge in [-0.25, -0.2) is 0 Å². The van der Waals surface area contributed by atoms with E-state index in [0.29, 0.717) is 6.10 Å². The lowest BCUT2D eigenvalue weighted by molar-refractivity contribution is 0.302. The van der Waals surface area contributed by atoms with Gasteiger partial charge in [-0.05, 0) is 49.6 Å². The Balaban J connectivity index is 1.88. The highest BCUT2D eigenvalue weighted by Crippen LogP contribution is 2.30. The van der Waals surface area contributed by atoms with Crippen molar-refractivity contribution in [2.24, 2.45) is 0 Å². The molecule has 2 heteroatoms. The van der Waals surface area contributed by atoms with E-state index < -0.39 is 0 Å². The minimum atomic E-state index is 0.220. The van der Waals surface area contributed by atoms with Crippen LogP contribution in [0.5, 0.6) is 5.75 Å². The molecule has 2 aromatic rings. The van der Waals surface area contributed by atoms with Crippen LogP contribution in [0.2, 0.25) is 0 Å². The molecule has 0 radical (unpaired) electrons. The number of hydrogen-bond acceptors (Lipinski definition) is 2. The Morgan fingerprint density at radius 1 is 1.10 bits per heavy atom. The minimum absolute atomic E-state index is 0.220. The van der Waals surface area contributed by atoms with Gasteiger partial charge in [-0.15, -0.1) is 0 Å². The van der Waals surface area contributed by atoms with Gasteiger partial charge in [-0.3, -0.25) is 0 Å². The molecule has 0 amide bonds. The zero-order chi connectivity index (χ0) is 14.7. The Hall–Kier alpha value is -1.80. The van der Waals surface area contributed by atoms with Gasteiger partial charge in [0.1, 0.15) is 5.75 Å². The monoisotopic (exact) mass is 281 g/mol. The van der Waals surface area contributed by atoms with Crippen LogP contribution >= 0.6 is 0 Å². The summed E-state index contributed by atoms with van der Waals surface area (Å²) in [4.78, 5) is 0. The highest BCUT2D eigenvalue weighted by Gasteiger charge is 2.24. The summed E-state index contributed by atoms with van der Waals surface area (Å²) < 4.78 is 5.93. The van der Waals surface area contributed by atoms with Crippen LogP contribution in [0.25, 0.3) is 0 Å². The Bertz CT molecular complexity index is 604. The van der Waals surface area contributed by atoms with Gasteiger partial charge in [0.25, 0.3) is 0 Å². The van der Waals surface area contributed by atoms with E-state index in [2.05, 4.69) is 67.7 Å². The molecule has 1 unspecified atom stereocenters. The summed E-state index contributed by atoms with van der Waals surface area (Å²) in [5, 5.41) is 3.58. The highest BCUT2D eigenvalue weighted by molar-refractivity contribution is 5.38. The van der Waals surface area contributed by atoms with Crippen molar-refractivity contribution in [1.82, 2.24) is 5.32 Å². The Labute approximate surface area is 127 Å². The second-order valence-corrected chi connectivity index (χ2v) is 5.79. The fraction of sp³-hybridized carbons (Fsp3) is 0.368. The third kappa shape index (κ3) is 3.64. The molecular formula is C19H23NO. The van der Waals surface area contributed by atoms with E-state index in [1.807, 2.05) is 0 Å². The average molecular weight is 281 g/mol. The molecule has 1 atom stereocenters. The SMILES string of the molecule is CCNC(c1cccc(C)c1)c1cccc(OC2CC2)c1. The molecule has 3 rings (SSSR count). The first-order valence-corrected chi connectivity index (χ1v) is 7.83. The third-order valence-electron chi connectivity index (χ3n) is 3.80. The van der Waals surface area contributed by atoms with Gasteiger partial charge in [-0.1, -0.05) is 48.9 Å². The smallest absolute Gasteiger partial charge is 0.120 e. The minimum Gasteiger partial charge on any atom is -0.490 e. The lowest BCUT2D eigenvalue weighted by Gasteiger charge is -2.20. The molecule has 21 heavy (non-hydrogen) atoms. The van der Waals surface area contributed by atoms with Gasteiger partial charge in [0.2, 0.25) is 0 Å². The van der Waals surface area contributed by atoms with Gasteiger partial charge in [0.15, 0.2) is 0 Å². The molecule has 2 aromatic carbocycles. The summed E-state index contributed by atoms with van der Waals surface area (Å²) in [6.45, 7) is 5.22. The second-order valence-electron chi connectivity index (χ2n) is 5.79. The van der Waals surface area contributed by atoms with Gasteiger partial charge >= 0.3 is 0 Å². The molecule has 0 aromatic heterocycles. The van der Waals surface area contributed by atoms with E-state index in [0.717, 1.165) is 12.3 Å². The molecule has 0 bridgehead atoms. The standard InChI is InChI=1S/C19H23NO/c1-3-20-19(15-7-4-6-14(2)12-15)16-8-5-9-18(13-16)21-17-10-11-17/h4-9,12-13,17,19-20H,3,10-11H2,1-2H3. The molecule has 1 N–H and O–H groups in total. The topological polar surface area (TPSA) is 21.3 Å². The van der Waals surface area contributed by atoms with E-state index in [1.165, 1.54) is 29.5 Å². The largest absolute Gasteiger partial charge is 0.490 e. The molecule has 0 spiro atoms. The second kappa shape index (κ2) is 6.31. The van der Waals surface area contributed by atoms with Crippen LogP contribution in [-0.4, -0.2) is 12.6 Å². The van der Waals surface area contributed by atoms with Crippen LogP contribution in [0.1, 0.15) is 42.5 Å². The summed E-state index contributed by atoms with van der Waals surface area (Å²) in [5.41, 5.74) is 3.86. The fourth-order valence-electron chi connectivity index (χ4n) is 2.63. The maximum absolute atomic E-state index is 5.93. The molecule has 1 fully saturated rings. The zero-order valence-electron chi connectivity index (χ0n) is 12.8. The van der Waals surface area contributed by atoms with Gasteiger partial charge in [-0.2, -0.15) is 0 Å². The van der Waals surface area contributed by atoms with Crippen molar-refractivity contribution in [2.75, 3.05) is 6.54 Å². The van der Waals surface area contributed by atoms with Crippen molar-refractivity contribution in [3.8, 4) is 5.75 Å². The van der Waals surface area contributed by atoms with Crippen LogP contribution in [0, 0.1) is 6.92 Å². The predicted octanol–water partition coefficient (Wildman–Crippen LogP) is 4.24. The molecular weight excluding hydrogens is 258 g/mol. The van der Waals surface area contributed by atoms with Crippen LogP contribution in [-0.2, 0) is 0 Å². The number of rotatable bonds is 6. The van der Waals surface area contributed by atoms with Crippen molar-refractivity contribution in [1.29, 1.82) is 0 Å². The first kappa shape index (κ1) is 14.2. The number of nitrogens with one attached hydrogen (secondary N) is 1. The summed E-state index contributed by atoms with van der Waals surface area (Å²) >= 11 is 0.